The first-order valence-electron chi connectivity index (χ1n) is 11.0. The first kappa shape index (κ1) is 21.2. The zero-order valence-electron chi connectivity index (χ0n) is 18.2. The predicted octanol–water partition coefficient (Wildman–Crippen LogP) is 4.42. The number of hydrogen-bond acceptors (Lipinski definition) is 5. The van der Waals surface area contributed by atoms with E-state index in [1.807, 2.05) is 69.7 Å². The zero-order valence-corrected chi connectivity index (χ0v) is 19.1. The summed E-state index contributed by atoms with van der Waals surface area (Å²) in [5, 5.41) is 6.87. The molecule has 0 bridgehead atoms. The summed E-state index contributed by atoms with van der Waals surface area (Å²) in [4.78, 5) is 22.5. The number of carbonyl (C=O) groups excluding carboxylic acids is 1. The Morgan fingerprint density at radius 2 is 1.79 bits per heavy atom. The molecule has 1 saturated heterocycles. The van der Waals surface area contributed by atoms with Gasteiger partial charge >= 0.3 is 0 Å². The van der Waals surface area contributed by atoms with Crippen LogP contribution in [0.15, 0.2) is 84.5 Å². The molecule has 3 aromatic heterocycles. The molecule has 5 rings (SSSR count). The molecule has 0 unspecified atom stereocenters. The highest BCUT2D eigenvalue weighted by molar-refractivity contribution is 7.13. The Morgan fingerprint density at radius 1 is 0.970 bits per heavy atom. The smallest absolute Gasteiger partial charge is 0.246 e. The van der Waals surface area contributed by atoms with E-state index in [0.29, 0.717) is 19.6 Å². The van der Waals surface area contributed by atoms with E-state index in [0.717, 1.165) is 35.0 Å². The van der Waals surface area contributed by atoms with Crippen LogP contribution in [0, 0.1) is 0 Å². The maximum Gasteiger partial charge on any atom is 0.246 e. The van der Waals surface area contributed by atoms with Gasteiger partial charge in [-0.25, -0.2) is 4.98 Å². The Labute approximate surface area is 197 Å². The quantitative estimate of drug-likeness (QED) is 0.404. The molecule has 1 aromatic carbocycles. The molecule has 0 spiro atoms. The molecular formula is C26H25N5OS. The monoisotopic (exact) mass is 455 g/mol. The van der Waals surface area contributed by atoms with Crippen molar-refractivity contribution in [2.45, 2.75) is 6.54 Å². The normalized spacial score (nSPS) is 14.2. The van der Waals surface area contributed by atoms with Gasteiger partial charge in [-0.05, 0) is 35.2 Å². The van der Waals surface area contributed by atoms with E-state index in [-0.39, 0.29) is 5.91 Å². The van der Waals surface area contributed by atoms with Crippen molar-refractivity contribution in [3.8, 4) is 10.6 Å². The molecule has 0 atom stereocenters. The van der Waals surface area contributed by atoms with E-state index in [9.17, 15) is 4.79 Å². The summed E-state index contributed by atoms with van der Waals surface area (Å²) >= 11 is 1.65. The highest BCUT2D eigenvalue weighted by atomic mass is 32.1. The average molecular weight is 456 g/mol. The van der Waals surface area contributed by atoms with Crippen LogP contribution in [0.25, 0.3) is 16.6 Å². The molecule has 0 aliphatic carbocycles. The van der Waals surface area contributed by atoms with Crippen LogP contribution >= 0.6 is 11.3 Å². The largest absolute Gasteiger partial charge is 0.353 e. The minimum Gasteiger partial charge on any atom is -0.353 e. The third-order valence-corrected chi connectivity index (χ3v) is 6.58. The number of nitrogens with zero attached hydrogens (tertiary/aromatic N) is 5. The molecule has 0 N–H and O–H groups in total. The van der Waals surface area contributed by atoms with E-state index < -0.39 is 0 Å². The van der Waals surface area contributed by atoms with Crippen molar-refractivity contribution >= 4 is 29.1 Å². The first-order chi connectivity index (χ1) is 16.3. The van der Waals surface area contributed by atoms with Gasteiger partial charge in [-0.2, -0.15) is 5.10 Å². The number of amides is 1. The fourth-order valence-electron chi connectivity index (χ4n) is 3.98. The van der Waals surface area contributed by atoms with Gasteiger partial charge in [0.05, 0.1) is 11.4 Å². The number of anilines is 1. The van der Waals surface area contributed by atoms with Gasteiger partial charge in [0.1, 0.15) is 11.5 Å². The van der Waals surface area contributed by atoms with Gasteiger partial charge in [-0.15, -0.1) is 11.3 Å². The fourth-order valence-corrected chi connectivity index (χ4v) is 4.71. The number of aromatic nitrogens is 3. The molecule has 1 fully saturated rings. The van der Waals surface area contributed by atoms with Crippen molar-refractivity contribution in [1.29, 1.82) is 0 Å². The second-order valence-electron chi connectivity index (χ2n) is 7.93. The molecule has 4 heterocycles. The lowest BCUT2D eigenvalue weighted by Gasteiger charge is -2.34. The van der Waals surface area contributed by atoms with Crippen LogP contribution in [-0.4, -0.2) is 51.8 Å². The molecule has 166 valence electrons. The minimum absolute atomic E-state index is 0.0311. The number of thiophene rings is 1. The summed E-state index contributed by atoms with van der Waals surface area (Å²) < 4.78 is 1.94. The van der Waals surface area contributed by atoms with Crippen molar-refractivity contribution in [2.24, 2.45) is 0 Å². The molecule has 0 radical (unpaired) electrons. The van der Waals surface area contributed by atoms with Gasteiger partial charge in [0.15, 0.2) is 0 Å². The summed E-state index contributed by atoms with van der Waals surface area (Å²) in [6, 6.07) is 20.3. The predicted molar refractivity (Wildman–Crippen MR) is 133 cm³/mol. The Balaban J connectivity index is 1.29. The molecule has 1 aliphatic rings. The standard InChI is InChI=1S/C26H25N5OS/c32-25(30-16-14-29(15-17-30)24-10-4-5-13-27-24)12-11-22-20-31(19-21-7-2-1-3-8-21)28-26(22)23-9-6-18-33-23/h1-13,18,20H,14-17,19H2/b12-11+. The van der Waals surface area contributed by atoms with Gasteiger partial charge in [0, 0.05) is 50.2 Å². The summed E-state index contributed by atoms with van der Waals surface area (Å²) in [6.45, 7) is 3.63. The molecule has 1 aliphatic heterocycles. The van der Waals surface area contributed by atoms with Gasteiger partial charge in [-0.1, -0.05) is 42.5 Å². The summed E-state index contributed by atoms with van der Waals surface area (Å²) in [5.41, 5.74) is 3.05. The third kappa shape index (κ3) is 5.04. The van der Waals surface area contributed by atoms with Gasteiger partial charge in [-0.3, -0.25) is 9.48 Å². The number of carbonyl (C=O) groups is 1. The fraction of sp³-hybridized carbons (Fsp3) is 0.192. The highest BCUT2D eigenvalue weighted by Crippen LogP contribution is 2.28. The van der Waals surface area contributed by atoms with Gasteiger partial charge < -0.3 is 9.80 Å². The van der Waals surface area contributed by atoms with Crippen LogP contribution in [-0.2, 0) is 11.3 Å². The van der Waals surface area contributed by atoms with Crippen molar-refractivity contribution < 1.29 is 4.79 Å². The van der Waals surface area contributed by atoms with Gasteiger partial charge in [0.25, 0.3) is 0 Å². The van der Waals surface area contributed by atoms with Crippen LogP contribution in [0.3, 0.4) is 0 Å². The molecule has 0 saturated carbocycles. The van der Waals surface area contributed by atoms with Crippen LogP contribution in [0.1, 0.15) is 11.1 Å². The number of pyridine rings is 1. The lowest BCUT2D eigenvalue weighted by molar-refractivity contribution is -0.126. The van der Waals surface area contributed by atoms with E-state index in [4.69, 9.17) is 5.10 Å². The van der Waals surface area contributed by atoms with E-state index in [1.165, 1.54) is 5.56 Å². The molecule has 6 nitrogen and oxygen atoms in total. The van der Waals surface area contributed by atoms with E-state index in [1.54, 1.807) is 23.6 Å². The van der Waals surface area contributed by atoms with Crippen molar-refractivity contribution in [3.05, 3.63) is 95.6 Å². The molecule has 33 heavy (non-hydrogen) atoms. The van der Waals surface area contributed by atoms with Gasteiger partial charge in [0.2, 0.25) is 5.91 Å². The molecule has 4 aromatic rings. The number of hydrogen-bond donors (Lipinski definition) is 0. The van der Waals surface area contributed by atoms with E-state index in [2.05, 4.69) is 28.1 Å². The second kappa shape index (κ2) is 9.83. The van der Waals surface area contributed by atoms with Crippen molar-refractivity contribution in [2.75, 3.05) is 31.1 Å². The maximum absolute atomic E-state index is 12.9. The average Bonchev–Trinajstić information content (AvgIpc) is 3.54. The summed E-state index contributed by atoms with van der Waals surface area (Å²) in [6.07, 6.45) is 7.40. The summed E-state index contributed by atoms with van der Waals surface area (Å²) in [7, 11) is 0. The van der Waals surface area contributed by atoms with Crippen LogP contribution in [0.2, 0.25) is 0 Å². The highest BCUT2D eigenvalue weighted by Gasteiger charge is 2.20. The van der Waals surface area contributed by atoms with Crippen LogP contribution < -0.4 is 4.90 Å². The van der Waals surface area contributed by atoms with Crippen molar-refractivity contribution in [1.82, 2.24) is 19.7 Å². The Morgan fingerprint density at radius 3 is 2.52 bits per heavy atom. The minimum atomic E-state index is 0.0311. The third-order valence-electron chi connectivity index (χ3n) is 5.70. The Hall–Kier alpha value is -3.71. The SMILES string of the molecule is O=C(/C=C/c1cn(Cc2ccccc2)nc1-c1cccs1)N1CCN(c2ccccn2)CC1. The van der Waals surface area contributed by atoms with Crippen LogP contribution in [0.5, 0.6) is 0 Å². The maximum atomic E-state index is 12.9. The molecule has 1 amide bonds. The number of rotatable bonds is 6. The lowest BCUT2D eigenvalue weighted by Crippen LogP contribution is -2.48. The van der Waals surface area contributed by atoms with Crippen LogP contribution in [0.4, 0.5) is 5.82 Å². The van der Waals surface area contributed by atoms with E-state index >= 15 is 0 Å². The molecular weight excluding hydrogens is 430 g/mol. The summed E-state index contributed by atoms with van der Waals surface area (Å²) in [5.74, 6) is 0.996. The number of piperazine rings is 1. The lowest BCUT2D eigenvalue weighted by atomic mass is 10.2. The topological polar surface area (TPSA) is 54.3 Å². The number of benzene rings is 1. The Bertz CT molecular complexity index is 1210. The second-order valence-corrected chi connectivity index (χ2v) is 8.87. The molecule has 7 heteroatoms. The van der Waals surface area contributed by atoms with Crippen molar-refractivity contribution in [3.63, 3.8) is 0 Å². The Kier molecular flexibility index (Phi) is 6.30. The first-order valence-corrected chi connectivity index (χ1v) is 11.9. The zero-order chi connectivity index (χ0) is 22.5.